The summed E-state index contributed by atoms with van der Waals surface area (Å²) in [4.78, 5) is 15.3. The number of morpholine rings is 1. The fourth-order valence-corrected chi connectivity index (χ4v) is 3.49. The average Bonchev–Trinajstić information content (AvgIpc) is 2.64. The summed E-state index contributed by atoms with van der Waals surface area (Å²) in [7, 11) is 0. The SMILES string of the molecule is C#C[C@H](CC)Oc1cc(N)c(Cl)cc1C(=O)NC1CCN2CCOC1C2. The van der Waals surface area contributed by atoms with Gasteiger partial charge in [0.25, 0.3) is 5.91 Å². The number of nitrogen functional groups attached to an aromatic ring is 1. The Hall–Kier alpha value is -1.94. The Morgan fingerprint density at radius 2 is 2.38 bits per heavy atom. The summed E-state index contributed by atoms with van der Waals surface area (Å²) in [5.41, 5.74) is 6.55. The van der Waals surface area contributed by atoms with E-state index >= 15 is 0 Å². The summed E-state index contributed by atoms with van der Waals surface area (Å²) in [6.07, 6.45) is 6.51. The monoisotopic (exact) mass is 377 g/mol. The Labute approximate surface area is 159 Å². The van der Waals surface area contributed by atoms with Crippen molar-refractivity contribution in [1.29, 1.82) is 0 Å². The Morgan fingerprint density at radius 1 is 1.58 bits per heavy atom. The van der Waals surface area contributed by atoms with Gasteiger partial charge in [-0.3, -0.25) is 9.69 Å². The van der Waals surface area contributed by atoms with Crippen molar-refractivity contribution in [2.45, 2.75) is 38.0 Å². The molecule has 6 nitrogen and oxygen atoms in total. The summed E-state index contributed by atoms with van der Waals surface area (Å²) in [5, 5.41) is 3.37. The number of nitrogens with zero attached hydrogens (tertiary/aromatic N) is 1. The molecular weight excluding hydrogens is 354 g/mol. The molecule has 2 bridgehead atoms. The first-order chi connectivity index (χ1) is 12.5. The molecule has 140 valence electrons. The number of anilines is 1. The van der Waals surface area contributed by atoms with E-state index in [2.05, 4.69) is 16.1 Å². The quantitative estimate of drug-likeness (QED) is 0.605. The van der Waals surface area contributed by atoms with Crippen molar-refractivity contribution >= 4 is 23.2 Å². The van der Waals surface area contributed by atoms with Gasteiger partial charge in [0.2, 0.25) is 0 Å². The zero-order chi connectivity index (χ0) is 18.7. The second-order valence-electron chi connectivity index (χ2n) is 6.63. The van der Waals surface area contributed by atoms with Crippen molar-refractivity contribution in [3.05, 3.63) is 22.7 Å². The van der Waals surface area contributed by atoms with Crippen LogP contribution in [0.15, 0.2) is 12.1 Å². The van der Waals surface area contributed by atoms with Crippen molar-refractivity contribution < 1.29 is 14.3 Å². The molecule has 3 N–H and O–H groups in total. The predicted octanol–water partition coefficient (Wildman–Crippen LogP) is 1.92. The summed E-state index contributed by atoms with van der Waals surface area (Å²) in [6, 6.07) is 3.04. The fraction of sp³-hybridized carbons (Fsp3) is 0.526. The number of piperidine rings is 1. The summed E-state index contributed by atoms with van der Waals surface area (Å²) in [5.74, 6) is 2.64. The molecule has 2 aliphatic heterocycles. The number of terminal acetylenes is 1. The number of hydrogen-bond acceptors (Lipinski definition) is 5. The number of carbonyl (C=O) groups excluding carboxylic acids is 1. The number of nitrogens with one attached hydrogen (secondary N) is 1. The Kier molecular flexibility index (Phi) is 5.92. The smallest absolute Gasteiger partial charge is 0.255 e. The zero-order valence-corrected chi connectivity index (χ0v) is 15.6. The predicted molar refractivity (Wildman–Crippen MR) is 101 cm³/mol. The first kappa shape index (κ1) is 18.8. The highest BCUT2D eigenvalue weighted by atomic mass is 35.5. The molecule has 0 aliphatic carbocycles. The molecule has 1 aromatic rings. The van der Waals surface area contributed by atoms with Crippen molar-refractivity contribution in [2.24, 2.45) is 0 Å². The third-order valence-corrected chi connectivity index (χ3v) is 5.20. The van der Waals surface area contributed by atoms with Gasteiger partial charge in [0.1, 0.15) is 5.75 Å². The van der Waals surface area contributed by atoms with Crippen LogP contribution in [0.25, 0.3) is 0 Å². The minimum absolute atomic E-state index is 0.00386. The maximum atomic E-state index is 12.9. The molecule has 4 atom stereocenters. The number of amides is 1. The normalized spacial score (nSPS) is 25.8. The standard InChI is InChI=1S/C19H24ClN3O3/c1-3-12(4-2)26-17-10-15(21)14(20)9-13(17)19(24)22-16-5-6-23-7-8-25-18(16)11-23/h1,9-10,12,16,18H,4-8,11,21H2,2H3,(H,22,24)/t12-,16?,18?/m1/s1. The maximum absolute atomic E-state index is 12.9. The van der Waals surface area contributed by atoms with Crippen LogP contribution >= 0.6 is 11.6 Å². The van der Waals surface area contributed by atoms with Gasteiger partial charge in [-0.05, 0) is 18.9 Å². The highest BCUT2D eigenvalue weighted by Crippen LogP contribution is 2.30. The molecule has 2 aliphatic rings. The average molecular weight is 378 g/mol. The lowest BCUT2D eigenvalue weighted by molar-refractivity contribution is -0.0702. The number of ether oxygens (including phenoxy) is 2. The number of rotatable bonds is 5. The van der Waals surface area contributed by atoms with Crippen LogP contribution < -0.4 is 15.8 Å². The lowest BCUT2D eigenvalue weighted by atomic mass is 9.99. The van der Waals surface area contributed by atoms with Gasteiger partial charge >= 0.3 is 0 Å². The summed E-state index contributed by atoms with van der Waals surface area (Å²) < 4.78 is 11.6. The minimum atomic E-state index is -0.438. The summed E-state index contributed by atoms with van der Waals surface area (Å²) >= 11 is 6.13. The van der Waals surface area contributed by atoms with Crippen LogP contribution in [0.4, 0.5) is 5.69 Å². The molecule has 26 heavy (non-hydrogen) atoms. The molecule has 1 aromatic carbocycles. The lowest BCUT2D eigenvalue weighted by Crippen LogP contribution is -2.58. The zero-order valence-electron chi connectivity index (χ0n) is 14.8. The Balaban J connectivity index is 1.79. The number of carbonyl (C=O) groups is 1. The van der Waals surface area contributed by atoms with Crippen LogP contribution in [0.2, 0.25) is 5.02 Å². The minimum Gasteiger partial charge on any atom is -0.477 e. The Bertz CT molecular complexity index is 719. The van der Waals surface area contributed by atoms with E-state index in [1.165, 1.54) is 6.07 Å². The molecule has 2 fully saturated rings. The molecule has 1 amide bonds. The molecule has 2 saturated heterocycles. The number of benzene rings is 1. The van der Waals surface area contributed by atoms with Gasteiger partial charge in [-0.25, -0.2) is 0 Å². The number of nitrogens with two attached hydrogens (primary N) is 1. The van der Waals surface area contributed by atoms with Gasteiger partial charge in [-0.2, -0.15) is 0 Å². The van der Waals surface area contributed by atoms with Crippen LogP contribution in [-0.4, -0.2) is 55.3 Å². The van der Waals surface area contributed by atoms with Crippen LogP contribution in [0, 0.1) is 12.3 Å². The number of fused-ring (bicyclic) bond motifs is 2. The van der Waals surface area contributed by atoms with Gasteiger partial charge in [-0.1, -0.05) is 24.4 Å². The number of hydrogen-bond donors (Lipinski definition) is 2. The highest BCUT2D eigenvalue weighted by molar-refractivity contribution is 6.33. The molecule has 3 rings (SSSR count). The van der Waals surface area contributed by atoms with Crippen molar-refractivity contribution in [3.8, 4) is 18.1 Å². The third kappa shape index (κ3) is 4.07. The molecule has 0 spiro atoms. The van der Waals surface area contributed by atoms with Gasteiger partial charge < -0.3 is 20.5 Å². The second kappa shape index (κ2) is 8.17. The first-order valence-electron chi connectivity index (χ1n) is 8.88. The van der Waals surface area contributed by atoms with Crippen LogP contribution in [0.1, 0.15) is 30.1 Å². The van der Waals surface area contributed by atoms with Crippen LogP contribution in [0.5, 0.6) is 5.75 Å². The van der Waals surface area contributed by atoms with E-state index in [4.69, 9.17) is 33.2 Å². The molecule has 0 saturated carbocycles. The van der Waals surface area contributed by atoms with Gasteiger partial charge in [0.15, 0.2) is 6.10 Å². The first-order valence-corrected chi connectivity index (χ1v) is 9.26. The molecule has 2 heterocycles. The van der Waals surface area contributed by atoms with E-state index in [1.807, 2.05) is 6.92 Å². The van der Waals surface area contributed by atoms with E-state index < -0.39 is 6.10 Å². The van der Waals surface area contributed by atoms with E-state index in [9.17, 15) is 4.79 Å². The molecule has 0 radical (unpaired) electrons. The lowest BCUT2D eigenvalue weighted by Gasteiger charge is -2.42. The third-order valence-electron chi connectivity index (χ3n) is 4.87. The number of halogens is 1. The largest absolute Gasteiger partial charge is 0.477 e. The molecule has 3 unspecified atom stereocenters. The molecule has 7 heteroatoms. The van der Waals surface area contributed by atoms with Crippen LogP contribution in [-0.2, 0) is 4.74 Å². The topological polar surface area (TPSA) is 76.8 Å². The summed E-state index contributed by atoms with van der Waals surface area (Å²) in [6.45, 7) is 5.35. The maximum Gasteiger partial charge on any atom is 0.255 e. The van der Waals surface area contributed by atoms with E-state index in [0.29, 0.717) is 35.1 Å². The fourth-order valence-electron chi connectivity index (χ4n) is 3.33. The van der Waals surface area contributed by atoms with Gasteiger partial charge in [0, 0.05) is 25.7 Å². The van der Waals surface area contributed by atoms with Crippen LogP contribution in [0.3, 0.4) is 0 Å². The van der Waals surface area contributed by atoms with Gasteiger partial charge in [-0.15, -0.1) is 6.42 Å². The van der Waals surface area contributed by atoms with E-state index in [-0.39, 0.29) is 18.1 Å². The highest BCUT2D eigenvalue weighted by Gasteiger charge is 2.34. The molecule has 0 aromatic heterocycles. The molecular formula is C19H24ClN3O3. The van der Waals surface area contributed by atoms with Crippen molar-refractivity contribution in [2.75, 3.05) is 32.0 Å². The second-order valence-corrected chi connectivity index (χ2v) is 7.04. The van der Waals surface area contributed by atoms with Crippen molar-refractivity contribution in [3.63, 3.8) is 0 Å². The van der Waals surface area contributed by atoms with Crippen molar-refractivity contribution in [1.82, 2.24) is 10.2 Å². The Morgan fingerprint density at radius 3 is 3.12 bits per heavy atom. The van der Waals surface area contributed by atoms with E-state index in [0.717, 1.165) is 26.1 Å². The van der Waals surface area contributed by atoms with Gasteiger partial charge in [0.05, 0.1) is 35.0 Å². The van der Waals surface area contributed by atoms with E-state index in [1.54, 1.807) is 6.07 Å².